The number of carbonyl (C=O) groups is 6. The average Bonchev–Trinajstić information content (AvgIpc) is 1.75. The van der Waals surface area contributed by atoms with Crippen molar-refractivity contribution in [1.29, 1.82) is 0 Å². The summed E-state index contributed by atoms with van der Waals surface area (Å²) in [4.78, 5) is 68.1. The van der Waals surface area contributed by atoms with Gasteiger partial charge in [-0.15, -0.1) is 17.0 Å². The Labute approximate surface area is 745 Å². The number of nitrogen functional groups attached to an aromatic ring is 2. The fourth-order valence-corrected chi connectivity index (χ4v) is 7.84. The van der Waals surface area contributed by atoms with E-state index < -0.39 is 19.9 Å². The van der Waals surface area contributed by atoms with Crippen molar-refractivity contribution in [3.63, 3.8) is 0 Å². The second kappa shape index (κ2) is 57.1. The molecule has 3 heterocycles. The number of anilines is 5. The monoisotopic (exact) mass is 1610 g/mol. The van der Waals surface area contributed by atoms with Gasteiger partial charge in [-0.1, -0.05) is 119 Å². The van der Waals surface area contributed by atoms with Crippen LogP contribution in [0.1, 0.15) is 103 Å². The normalized spacial score (nSPS) is 11.2. The molecule has 3 aliphatic rings. The summed E-state index contributed by atoms with van der Waals surface area (Å²) in [5.74, 6) is 3.23. The molecular formula is C68H94BrCl2K2N5Na2O20S. The van der Waals surface area contributed by atoms with Gasteiger partial charge in [0.25, 0.3) is 22.0 Å². The zero-order valence-corrected chi connectivity index (χ0v) is 75.2. The molecule has 3 aliphatic heterocycles. The Morgan fingerprint density at radius 2 is 0.990 bits per heavy atom. The zero-order valence-electron chi connectivity index (χ0n) is 62.9. The number of aromatic hydroxyl groups is 2. The number of methoxy groups -OCH3 is 2. The number of aliphatic hydroxyl groups is 1. The number of aliphatic hydroxyl groups excluding tert-OH is 1. The minimum Gasteiger partial charge on any atom is -1.00 e. The molecule has 0 radical (unpaired) electrons. The Hall–Kier alpha value is -3.14. The average molecular weight is 1610 g/mol. The number of nitrogens with one attached hydrogen (secondary N) is 3. The molecular weight excluding hydrogens is 1510 g/mol. The first-order chi connectivity index (χ1) is 44.7. The number of rotatable bonds is 10. The van der Waals surface area contributed by atoms with Crippen molar-refractivity contribution in [3.05, 3.63) is 144 Å². The quantitative estimate of drug-likeness (QED) is 0.0147. The van der Waals surface area contributed by atoms with E-state index in [1.54, 1.807) is 89.6 Å². The van der Waals surface area contributed by atoms with Crippen molar-refractivity contribution in [2.45, 2.75) is 107 Å². The van der Waals surface area contributed by atoms with Gasteiger partial charge in [-0.2, -0.15) is 0 Å². The van der Waals surface area contributed by atoms with Crippen LogP contribution in [-0.2, 0) is 71.6 Å². The smallest absolute Gasteiger partial charge is 1.00 e. The van der Waals surface area contributed by atoms with Gasteiger partial charge in [0.15, 0.2) is 0 Å². The van der Waals surface area contributed by atoms with Crippen LogP contribution in [0.5, 0.6) is 34.5 Å². The van der Waals surface area contributed by atoms with Crippen LogP contribution in [0.25, 0.3) is 0 Å². The SMILES string of the molecule is Br.C1CO1.CC(C)(C)C(=O)Cl.CC(C)(C)C(=O)Nc1cccc(O)c1.COc1cccc(NC(=O)C(C)(C)C)c1.COc1cccc(NC(=O)C(C)(C)C)c1CCO.Nc1cccc(O)c1.Nc1cccc2c1CCO2.O=CO[O-].O=CO[O-].O=S(=O)(Cl)c1cccc2c1CCO2.[H-].[H-].[K+].[K+].[Na+].[Na+]. The van der Waals surface area contributed by atoms with Gasteiger partial charge >= 0.3 is 162 Å². The molecule has 33 heteroatoms. The Bertz CT molecular complexity index is 3500. The van der Waals surface area contributed by atoms with Crippen molar-refractivity contribution in [2.75, 3.05) is 74.7 Å². The number of amides is 3. The predicted molar refractivity (Wildman–Crippen MR) is 378 cm³/mol. The summed E-state index contributed by atoms with van der Waals surface area (Å²) in [6.45, 7) is 25.0. The van der Waals surface area contributed by atoms with Crippen LogP contribution in [0.3, 0.4) is 0 Å². The predicted octanol–water partition coefficient (Wildman–Crippen LogP) is -1.50. The molecule has 1 fully saturated rings. The van der Waals surface area contributed by atoms with Crippen LogP contribution in [0.4, 0.5) is 28.4 Å². The number of halogens is 3. The van der Waals surface area contributed by atoms with E-state index in [4.69, 9.17) is 83.0 Å². The summed E-state index contributed by atoms with van der Waals surface area (Å²) >= 11 is 5.11. The molecule has 10 N–H and O–H groups in total. The Morgan fingerprint density at radius 3 is 1.36 bits per heavy atom. The summed E-state index contributed by atoms with van der Waals surface area (Å²) in [5, 5.41) is 52.0. The van der Waals surface area contributed by atoms with Crippen LogP contribution in [-0.4, -0.2) is 107 Å². The minimum absolute atomic E-state index is 0. The standard InChI is InChI=1S/C14H21NO3.C12H17NO2.C11H15NO2.C8H7ClO3S.C8H9NO.C6H7NO.C5H9ClO.C2H4O.2CH2O3.BrH.2K.2Na.2H/c1-14(2,3)13(17)15-11-6-5-7-12(18-4)10(11)8-9-16;1-12(2,3)11(14)13-9-6-5-7-10(8-9)15-4;1-11(2,3)10(14)12-8-5-4-6-9(13)7-8;9-13(10,11)8-3-1-2-7-6(8)4-5-12-7;9-7-2-1-3-8-6(7)4-5-10-8;7-5-2-1-3-6(8)4-5;1-5(2,3)4(6)7;1-2-3-1;2*2-1-4-3;;;;;;;/h5-7,16H,8-9H2,1-4H3,(H,15,17);5-8H,1-4H3,(H,13,14);4-7,13H,1-3H3,(H,12,14);1-3H,4-5H2;1-3H,4-5,9H2;1-4,8H,7H2;1-3H3;1-2H2;2*1,3H;1H;;;;;;/q;;;;;;;;;;;4*+1;2*-1/p-2. The third kappa shape index (κ3) is 49.4. The van der Waals surface area contributed by atoms with Gasteiger partial charge in [0.1, 0.15) is 34.5 Å². The van der Waals surface area contributed by atoms with Crippen molar-refractivity contribution in [2.24, 2.45) is 21.7 Å². The molecule has 0 bridgehead atoms. The second-order valence-corrected chi connectivity index (χ2v) is 27.0. The second-order valence-electron chi connectivity index (χ2n) is 24.2. The molecule has 1 saturated heterocycles. The van der Waals surface area contributed by atoms with Gasteiger partial charge in [0, 0.05) is 122 Å². The maximum Gasteiger partial charge on any atom is 1.00 e. The first kappa shape index (κ1) is 109. The van der Waals surface area contributed by atoms with Crippen LogP contribution >= 0.6 is 39.3 Å². The van der Waals surface area contributed by atoms with Crippen LogP contribution in [0.15, 0.2) is 132 Å². The molecule has 0 atom stereocenters. The van der Waals surface area contributed by atoms with E-state index in [0.29, 0.717) is 53.6 Å². The van der Waals surface area contributed by atoms with E-state index in [9.17, 15) is 32.7 Å². The molecule has 3 amide bonds. The molecule has 0 aromatic heterocycles. The van der Waals surface area contributed by atoms with Crippen molar-refractivity contribution in [3.8, 4) is 34.5 Å². The van der Waals surface area contributed by atoms with E-state index in [1.807, 2.05) is 117 Å². The molecule has 6 aromatic rings. The van der Waals surface area contributed by atoms with Crippen LogP contribution in [0, 0.1) is 21.7 Å². The third-order valence-electron chi connectivity index (χ3n) is 11.9. The summed E-state index contributed by atoms with van der Waals surface area (Å²) in [5.41, 5.74) is 15.5. The summed E-state index contributed by atoms with van der Waals surface area (Å²) in [7, 11) is 4.80. The maximum absolute atomic E-state index is 12.0. The van der Waals surface area contributed by atoms with Gasteiger partial charge in [-0.05, 0) is 84.4 Å². The van der Waals surface area contributed by atoms with Crippen LogP contribution in [0.2, 0.25) is 0 Å². The Balaban J connectivity index is -0.000000166. The topological polar surface area (TPSA) is 399 Å². The van der Waals surface area contributed by atoms with Crippen LogP contribution < -0.4 is 219 Å². The zero-order chi connectivity index (χ0) is 73.5. The fourth-order valence-electron chi connectivity index (χ4n) is 6.67. The molecule has 0 unspecified atom stereocenters. The van der Waals surface area contributed by atoms with Crippen molar-refractivity contribution >= 4 is 113 Å². The molecule has 0 spiro atoms. The molecule has 542 valence electrons. The maximum atomic E-state index is 12.0. The first-order valence-electron chi connectivity index (χ1n) is 29.4. The van der Waals surface area contributed by atoms with Gasteiger partial charge in [-0.3, -0.25) is 28.8 Å². The van der Waals surface area contributed by atoms with E-state index in [2.05, 4.69) is 30.5 Å². The fraction of sp³-hybridized carbons (Fsp3) is 0.382. The summed E-state index contributed by atoms with van der Waals surface area (Å²) in [6.07, 6.45) is 2.02. The van der Waals surface area contributed by atoms with E-state index in [0.717, 1.165) is 54.7 Å². The molecule has 0 saturated carbocycles. The molecule has 101 heavy (non-hydrogen) atoms. The summed E-state index contributed by atoms with van der Waals surface area (Å²) < 4.78 is 47.5. The van der Waals surface area contributed by atoms with E-state index in [-0.39, 0.29) is 251 Å². The number of carbonyl (C=O) groups excluding carboxylic acids is 6. The number of nitrogens with two attached hydrogens (primary N) is 2. The number of fused-ring (bicyclic) bond motifs is 2. The Kier molecular flexibility index (Phi) is 61.5. The van der Waals surface area contributed by atoms with Gasteiger partial charge < -0.3 is 89.6 Å². The first-order valence-corrected chi connectivity index (χ1v) is 32.0. The van der Waals surface area contributed by atoms with Gasteiger partial charge in [0.05, 0.1) is 45.5 Å². The largest absolute Gasteiger partial charge is 1.00 e. The minimum atomic E-state index is -3.64. The number of phenolic OH excluding ortho intramolecular Hbond substituents is 2. The molecule has 25 nitrogen and oxygen atoms in total. The number of hydrogen-bond acceptors (Lipinski definition) is 22. The molecule has 0 aliphatic carbocycles. The molecule has 9 rings (SSSR count). The molecule has 6 aromatic carbocycles. The number of hydrogen-bond donors (Lipinski definition) is 8. The number of epoxide rings is 1. The van der Waals surface area contributed by atoms with E-state index in [1.165, 1.54) is 23.8 Å². The number of phenols is 2. The number of ether oxygens (including phenoxy) is 5. The number of benzene rings is 6. The van der Waals surface area contributed by atoms with E-state index >= 15 is 0 Å². The third-order valence-corrected chi connectivity index (χ3v) is 13.9. The van der Waals surface area contributed by atoms with Gasteiger partial charge in [-0.25, -0.2) is 8.42 Å². The van der Waals surface area contributed by atoms with Gasteiger partial charge in [0.2, 0.25) is 23.0 Å². The Morgan fingerprint density at radius 1 is 0.594 bits per heavy atom. The van der Waals surface area contributed by atoms with Crippen molar-refractivity contribution in [1.82, 2.24) is 0 Å². The summed E-state index contributed by atoms with van der Waals surface area (Å²) in [6, 6.07) is 36.4. The van der Waals surface area contributed by atoms with Crippen molar-refractivity contribution < 1.29 is 261 Å².